The fraction of sp³-hybridized carbons (Fsp3) is 0.400. The van der Waals surface area contributed by atoms with Crippen LogP contribution in [0.2, 0.25) is 0 Å². The molecule has 2 aromatic rings. The summed E-state index contributed by atoms with van der Waals surface area (Å²) in [5, 5.41) is 10.2. The summed E-state index contributed by atoms with van der Waals surface area (Å²) in [5.74, 6) is 0.699. The molecule has 0 bridgehead atoms. The predicted octanol–water partition coefficient (Wildman–Crippen LogP) is 3.27. The molecule has 0 saturated carbocycles. The van der Waals surface area contributed by atoms with Crippen molar-refractivity contribution < 1.29 is 23.0 Å². The zero-order chi connectivity index (χ0) is 19.3. The standard InChI is InChI=1S/C20H23F3N2O2/c21-20(22,23)18-8-4-5-9-19(18)25-12-10-24(11-13-25)14-16(26)15-27-17-6-2-1-3-7-17/h1-9,16,26H,10-15H2. The maximum Gasteiger partial charge on any atom is 0.418 e. The number of hydrogen-bond donors (Lipinski definition) is 1. The van der Waals surface area contributed by atoms with Gasteiger partial charge in [-0.05, 0) is 24.3 Å². The summed E-state index contributed by atoms with van der Waals surface area (Å²) in [6.45, 7) is 2.77. The number of β-amino-alcohol motifs (C(OH)–C–C–N with tert-alkyl or cyclic N) is 1. The topological polar surface area (TPSA) is 35.9 Å². The SMILES string of the molecule is OC(COc1ccccc1)CN1CCN(c2ccccc2C(F)(F)F)CC1. The largest absolute Gasteiger partial charge is 0.491 e. The first-order chi connectivity index (χ1) is 12.9. The molecule has 0 spiro atoms. The van der Waals surface area contributed by atoms with Crippen LogP contribution in [0.5, 0.6) is 5.75 Å². The van der Waals surface area contributed by atoms with Crippen molar-refractivity contribution >= 4 is 5.69 Å². The molecule has 0 amide bonds. The van der Waals surface area contributed by atoms with E-state index in [9.17, 15) is 18.3 Å². The summed E-state index contributed by atoms with van der Waals surface area (Å²) in [4.78, 5) is 3.80. The van der Waals surface area contributed by atoms with Crippen molar-refractivity contribution in [1.29, 1.82) is 0 Å². The molecule has 1 N–H and O–H groups in total. The van der Waals surface area contributed by atoms with Gasteiger partial charge in [-0.15, -0.1) is 0 Å². The number of rotatable bonds is 6. The first-order valence-corrected chi connectivity index (χ1v) is 8.93. The first-order valence-electron chi connectivity index (χ1n) is 8.93. The fourth-order valence-electron chi connectivity index (χ4n) is 3.22. The smallest absolute Gasteiger partial charge is 0.418 e. The quantitative estimate of drug-likeness (QED) is 0.835. The lowest BCUT2D eigenvalue weighted by Gasteiger charge is -2.37. The van der Waals surface area contributed by atoms with E-state index in [2.05, 4.69) is 0 Å². The van der Waals surface area contributed by atoms with E-state index < -0.39 is 17.8 Å². The lowest BCUT2D eigenvalue weighted by Crippen LogP contribution is -2.49. The monoisotopic (exact) mass is 380 g/mol. The van der Waals surface area contributed by atoms with E-state index in [0.717, 1.165) is 6.07 Å². The lowest BCUT2D eigenvalue weighted by molar-refractivity contribution is -0.137. The third-order valence-corrected chi connectivity index (χ3v) is 4.58. The van der Waals surface area contributed by atoms with Crippen LogP contribution in [0.3, 0.4) is 0 Å². The highest BCUT2D eigenvalue weighted by Gasteiger charge is 2.35. The number of piperazine rings is 1. The average molecular weight is 380 g/mol. The molecule has 4 nitrogen and oxygen atoms in total. The van der Waals surface area contributed by atoms with Gasteiger partial charge in [-0.25, -0.2) is 0 Å². The molecule has 2 aromatic carbocycles. The number of aliphatic hydroxyl groups excluding tert-OH is 1. The summed E-state index contributed by atoms with van der Waals surface area (Å²) >= 11 is 0. The Bertz CT molecular complexity index is 717. The average Bonchev–Trinajstić information content (AvgIpc) is 2.67. The minimum Gasteiger partial charge on any atom is -0.491 e. The molecule has 146 valence electrons. The zero-order valence-corrected chi connectivity index (χ0v) is 14.9. The summed E-state index contributed by atoms with van der Waals surface area (Å²) in [6.07, 6.45) is -5.02. The minimum atomic E-state index is -4.36. The number of alkyl halides is 3. The van der Waals surface area contributed by atoms with E-state index in [-0.39, 0.29) is 12.3 Å². The van der Waals surface area contributed by atoms with Gasteiger partial charge in [0.05, 0.1) is 5.56 Å². The van der Waals surface area contributed by atoms with Crippen LogP contribution in [0, 0.1) is 0 Å². The lowest BCUT2D eigenvalue weighted by atomic mass is 10.1. The number of halogens is 3. The van der Waals surface area contributed by atoms with Crippen LogP contribution in [0.4, 0.5) is 18.9 Å². The Labute approximate surface area is 156 Å². The summed E-state index contributed by atoms with van der Waals surface area (Å²) in [7, 11) is 0. The second kappa shape index (κ2) is 8.63. The normalized spacial score (nSPS) is 17.0. The van der Waals surface area contributed by atoms with Gasteiger partial charge in [0, 0.05) is 38.4 Å². The van der Waals surface area contributed by atoms with Crippen molar-refractivity contribution in [1.82, 2.24) is 4.90 Å². The van der Waals surface area contributed by atoms with E-state index in [1.165, 1.54) is 12.1 Å². The second-order valence-corrected chi connectivity index (χ2v) is 6.58. The molecule has 7 heteroatoms. The summed E-state index contributed by atoms with van der Waals surface area (Å²) in [5.41, 5.74) is -0.382. The van der Waals surface area contributed by atoms with Crippen molar-refractivity contribution in [3.63, 3.8) is 0 Å². The van der Waals surface area contributed by atoms with E-state index in [4.69, 9.17) is 4.74 Å². The molecule has 1 atom stereocenters. The Morgan fingerprint density at radius 1 is 0.926 bits per heavy atom. The third kappa shape index (κ3) is 5.37. The van der Waals surface area contributed by atoms with Crippen molar-refractivity contribution in [2.75, 3.05) is 44.2 Å². The van der Waals surface area contributed by atoms with Gasteiger partial charge < -0.3 is 14.7 Å². The van der Waals surface area contributed by atoms with Gasteiger partial charge in [0.25, 0.3) is 0 Å². The van der Waals surface area contributed by atoms with Gasteiger partial charge in [-0.1, -0.05) is 30.3 Å². The molecule has 0 radical (unpaired) electrons. The van der Waals surface area contributed by atoms with Crippen molar-refractivity contribution in [3.8, 4) is 5.75 Å². The molecule has 1 aliphatic rings. The third-order valence-electron chi connectivity index (χ3n) is 4.58. The fourth-order valence-corrected chi connectivity index (χ4v) is 3.22. The van der Waals surface area contributed by atoms with Crippen molar-refractivity contribution in [3.05, 3.63) is 60.2 Å². The molecular formula is C20H23F3N2O2. The van der Waals surface area contributed by atoms with E-state index >= 15 is 0 Å². The molecule has 27 heavy (non-hydrogen) atoms. The minimum absolute atomic E-state index is 0.182. The molecular weight excluding hydrogens is 357 g/mol. The van der Waals surface area contributed by atoms with Crippen molar-refractivity contribution in [2.24, 2.45) is 0 Å². The van der Waals surface area contributed by atoms with Crippen LogP contribution in [0.25, 0.3) is 0 Å². The first kappa shape index (κ1) is 19.5. The number of anilines is 1. The number of ether oxygens (including phenoxy) is 1. The Balaban J connectivity index is 1.49. The molecule has 1 fully saturated rings. The molecule has 1 saturated heterocycles. The zero-order valence-electron chi connectivity index (χ0n) is 14.9. The van der Waals surface area contributed by atoms with Crippen LogP contribution in [-0.2, 0) is 6.18 Å². The van der Waals surface area contributed by atoms with Gasteiger partial charge in [-0.3, -0.25) is 4.90 Å². The number of para-hydroxylation sites is 2. The Morgan fingerprint density at radius 2 is 1.56 bits per heavy atom. The van der Waals surface area contributed by atoms with Crippen molar-refractivity contribution in [2.45, 2.75) is 12.3 Å². The number of aliphatic hydroxyl groups is 1. The van der Waals surface area contributed by atoms with Gasteiger partial charge >= 0.3 is 6.18 Å². The van der Waals surface area contributed by atoms with E-state index in [0.29, 0.717) is 38.5 Å². The molecule has 0 aliphatic carbocycles. The molecule has 1 aliphatic heterocycles. The number of nitrogens with zero attached hydrogens (tertiary/aromatic N) is 2. The highest BCUT2D eigenvalue weighted by atomic mass is 19.4. The molecule has 1 heterocycles. The van der Waals surface area contributed by atoms with Gasteiger partial charge in [0.1, 0.15) is 18.5 Å². The Kier molecular flexibility index (Phi) is 6.23. The second-order valence-electron chi connectivity index (χ2n) is 6.58. The van der Waals surface area contributed by atoms with Crippen LogP contribution in [0.15, 0.2) is 54.6 Å². The number of hydrogen-bond acceptors (Lipinski definition) is 4. The van der Waals surface area contributed by atoms with E-state index in [1.807, 2.05) is 35.2 Å². The predicted molar refractivity (Wildman–Crippen MR) is 98.0 cm³/mol. The molecule has 0 aromatic heterocycles. The maximum absolute atomic E-state index is 13.2. The summed E-state index contributed by atoms with van der Waals surface area (Å²) in [6, 6.07) is 14.9. The highest BCUT2D eigenvalue weighted by Crippen LogP contribution is 2.36. The highest BCUT2D eigenvalue weighted by molar-refractivity contribution is 5.55. The van der Waals surface area contributed by atoms with Crippen LogP contribution < -0.4 is 9.64 Å². The molecule has 3 rings (SSSR count). The maximum atomic E-state index is 13.2. The molecule has 1 unspecified atom stereocenters. The Hall–Kier alpha value is -2.25. The Morgan fingerprint density at radius 3 is 2.22 bits per heavy atom. The van der Waals surface area contributed by atoms with Crippen LogP contribution >= 0.6 is 0 Å². The number of benzene rings is 2. The van der Waals surface area contributed by atoms with Gasteiger partial charge in [0.15, 0.2) is 0 Å². The van der Waals surface area contributed by atoms with E-state index in [1.54, 1.807) is 11.0 Å². The van der Waals surface area contributed by atoms with Crippen LogP contribution in [-0.4, -0.2) is 55.4 Å². The summed E-state index contributed by atoms with van der Waals surface area (Å²) < 4.78 is 45.1. The van der Waals surface area contributed by atoms with Crippen LogP contribution in [0.1, 0.15) is 5.56 Å². The van der Waals surface area contributed by atoms with Gasteiger partial charge in [-0.2, -0.15) is 13.2 Å². The van der Waals surface area contributed by atoms with Gasteiger partial charge in [0.2, 0.25) is 0 Å².